The van der Waals surface area contributed by atoms with Crippen LogP contribution in [0.4, 0.5) is 5.69 Å². The second-order valence-corrected chi connectivity index (χ2v) is 6.51. The molecule has 0 saturated heterocycles. The predicted molar refractivity (Wildman–Crippen MR) is 98.9 cm³/mol. The molecule has 0 amide bonds. The summed E-state index contributed by atoms with van der Waals surface area (Å²) in [7, 11) is 0. The third-order valence-electron chi connectivity index (χ3n) is 4.47. The minimum absolute atomic E-state index is 0.271. The van der Waals surface area contributed by atoms with Gasteiger partial charge in [-0.1, -0.05) is 24.3 Å². The molecule has 2 aliphatic rings. The molecular weight excluding hydrogens is 320 g/mol. The van der Waals surface area contributed by atoms with E-state index >= 15 is 0 Å². The number of ether oxygens (including phenoxy) is 2. The van der Waals surface area contributed by atoms with Gasteiger partial charge in [-0.3, -0.25) is 0 Å². The molecule has 0 aromatic heterocycles. The zero-order chi connectivity index (χ0) is 16.4. The van der Waals surface area contributed by atoms with E-state index in [9.17, 15) is 0 Å². The minimum atomic E-state index is 0.271. The monoisotopic (exact) mass is 340 g/mol. The SMILES string of the molecule is S=C(Nc1ccc2c(c1)OCCO2)N[C@@H]1CCCc2ccccc21. The van der Waals surface area contributed by atoms with Crippen LogP contribution >= 0.6 is 12.2 Å². The van der Waals surface area contributed by atoms with Crippen molar-refractivity contribution in [3.63, 3.8) is 0 Å². The third kappa shape index (κ3) is 3.17. The average Bonchev–Trinajstić information content (AvgIpc) is 2.62. The van der Waals surface area contributed by atoms with E-state index in [1.165, 1.54) is 17.5 Å². The summed E-state index contributed by atoms with van der Waals surface area (Å²) in [6, 6.07) is 14.7. The first-order valence-electron chi connectivity index (χ1n) is 8.34. The van der Waals surface area contributed by atoms with Crippen molar-refractivity contribution >= 4 is 23.0 Å². The first-order chi connectivity index (χ1) is 11.8. The molecule has 1 aliphatic carbocycles. The number of rotatable bonds is 2. The first kappa shape index (κ1) is 15.3. The second kappa shape index (κ2) is 6.69. The van der Waals surface area contributed by atoms with Crippen LogP contribution in [-0.2, 0) is 6.42 Å². The van der Waals surface area contributed by atoms with Crippen molar-refractivity contribution in [2.24, 2.45) is 0 Å². The quantitative estimate of drug-likeness (QED) is 0.814. The van der Waals surface area contributed by atoms with Crippen molar-refractivity contribution in [1.82, 2.24) is 5.32 Å². The van der Waals surface area contributed by atoms with Gasteiger partial charge in [-0.15, -0.1) is 0 Å². The van der Waals surface area contributed by atoms with E-state index in [4.69, 9.17) is 21.7 Å². The summed E-state index contributed by atoms with van der Waals surface area (Å²) in [6.07, 6.45) is 3.43. The van der Waals surface area contributed by atoms with Crippen molar-refractivity contribution in [1.29, 1.82) is 0 Å². The number of nitrogens with one attached hydrogen (secondary N) is 2. The summed E-state index contributed by atoms with van der Waals surface area (Å²) in [5, 5.41) is 7.34. The lowest BCUT2D eigenvalue weighted by atomic mass is 9.88. The van der Waals surface area contributed by atoms with E-state index in [2.05, 4.69) is 34.9 Å². The van der Waals surface area contributed by atoms with Gasteiger partial charge in [0.25, 0.3) is 0 Å². The summed E-state index contributed by atoms with van der Waals surface area (Å²) < 4.78 is 11.2. The number of hydrogen-bond donors (Lipinski definition) is 2. The van der Waals surface area contributed by atoms with Gasteiger partial charge < -0.3 is 20.1 Å². The van der Waals surface area contributed by atoms with Crippen molar-refractivity contribution in [3.05, 3.63) is 53.6 Å². The van der Waals surface area contributed by atoms with Crippen LogP contribution in [0.5, 0.6) is 11.5 Å². The Bertz CT molecular complexity index is 763. The Balaban J connectivity index is 1.44. The molecule has 0 saturated carbocycles. The van der Waals surface area contributed by atoms with Crippen LogP contribution in [0, 0.1) is 0 Å². The normalized spacial score (nSPS) is 18.4. The van der Waals surface area contributed by atoms with Crippen molar-refractivity contribution < 1.29 is 9.47 Å². The molecule has 0 fully saturated rings. The van der Waals surface area contributed by atoms with Gasteiger partial charge in [-0.05, 0) is 54.7 Å². The van der Waals surface area contributed by atoms with Gasteiger partial charge in [-0.25, -0.2) is 0 Å². The molecule has 2 N–H and O–H groups in total. The van der Waals surface area contributed by atoms with E-state index in [0.29, 0.717) is 18.3 Å². The molecule has 124 valence electrons. The zero-order valence-corrected chi connectivity index (χ0v) is 14.2. The summed E-state index contributed by atoms with van der Waals surface area (Å²) in [6.45, 7) is 1.18. The number of anilines is 1. The van der Waals surface area contributed by atoms with E-state index in [-0.39, 0.29) is 6.04 Å². The summed E-state index contributed by atoms with van der Waals surface area (Å²) >= 11 is 5.51. The van der Waals surface area contributed by atoms with E-state index < -0.39 is 0 Å². The molecule has 1 atom stereocenters. The Labute approximate surface area is 147 Å². The van der Waals surface area contributed by atoms with Crippen LogP contribution in [0.1, 0.15) is 30.0 Å². The van der Waals surface area contributed by atoms with Crippen LogP contribution in [0.25, 0.3) is 0 Å². The lowest BCUT2D eigenvalue weighted by molar-refractivity contribution is 0.171. The molecular formula is C19H20N2O2S. The Morgan fingerprint density at radius 3 is 2.79 bits per heavy atom. The highest BCUT2D eigenvalue weighted by Gasteiger charge is 2.20. The van der Waals surface area contributed by atoms with Gasteiger partial charge in [0, 0.05) is 11.8 Å². The molecule has 2 aromatic carbocycles. The highest BCUT2D eigenvalue weighted by atomic mass is 32.1. The molecule has 4 nitrogen and oxygen atoms in total. The maximum atomic E-state index is 5.61. The number of benzene rings is 2. The van der Waals surface area contributed by atoms with Crippen LogP contribution < -0.4 is 20.1 Å². The Hall–Kier alpha value is -2.27. The molecule has 2 aromatic rings. The fraction of sp³-hybridized carbons (Fsp3) is 0.316. The highest BCUT2D eigenvalue weighted by Crippen LogP contribution is 2.33. The fourth-order valence-corrected chi connectivity index (χ4v) is 3.61. The summed E-state index contributed by atoms with van der Waals surface area (Å²) in [5.41, 5.74) is 3.68. The van der Waals surface area contributed by atoms with Gasteiger partial charge >= 0.3 is 0 Å². The average molecular weight is 340 g/mol. The topological polar surface area (TPSA) is 42.5 Å². The minimum Gasteiger partial charge on any atom is -0.486 e. The Morgan fingerprint density at radius 2 is 1.88 bits per heavy atom. The van der Waals surface area contributed by atoms with Crippen molar-refractivity contribution in [2.45, 2.75) is 25.3 Å². The number of fused-ring (bicyclic) bond motifs is 2. The van der Waals surface area contributed by atoms with E-state index in [0.717, 1.165) is 30.0 Å². The first-order valence-corrected chi connectivity index (χ1v) is 8.75. The molecule has 1 heterocycles. The summed E-state index contributed by atoms with van der Waals surface area (Å²) in [5.74, 6) is 1.55. The predicted octanol–water partition coefficient (Wildman–Crippen LogP) is 3.82. The molecule has 0 unspecified atom stereocenters. The lowest BCUT2D eigenvalue weighted by Crippen LogP contribution is -2.34. The van der Waals surface area contributed by atoms with Gasteiger partial charge in [0.2, 0.25) is 0 Å². The maximum absolute atomic E-state index is 5.61. The third-order valence-corrected chi connectivity index (χ3v) is 4.69. The molecule has 0 bridgehead atoms. The number of thiocarbonyl (C=S) groups is 1. The Morgan fingerprint density at radius 1 is 1.04 bits per heavy atom. The van der Waals surface area contributed by atoms with Gasteiger partial charge in [0.15, 0.2) is 16.6 Å². The number of aryl methyl sites for hydroxylation is 1. The molecule has 5 heteroatoms. The molecule has 24 heavy (non-hydrogen) atoms. The largest absolute Gasteiger partial charge is 0.486 e. The van der Waals surface area contributed by atoms with Crippen molar-refractivity contribution in [3.8, 4) is 11.5 Å². The fourth-order valence-electron chi connectivity index (χ4n) is 3.35. The van der Waals surface area contributed by atoms with Crippen LogP contribution in [0.15, 0.2) is 42.5 Å². The van der Waals surface area contributed by atoms with Crippen LogP contribution in [0.2, 0.25) is 0 Å². The van der Waals surface area contributed by atoms with Gasteiger partial charge in [0.1, 0.15) is 13.2 Å². The Kier molecular flexibility index (Phi) is 4.26. The van der Waals surface area contributed by atoms with Gasteiger partial charge in [-0.2, -0.15) is 0 Å². The smallest absolute Gasteiger partial charge is 0.171 e. The lowest BCUT2D eigenvalue weighted by Gasteiger charge is -2.27. The highest BCUT2D eigenvalue weighted by molar-refractivity contribution is 7.80. The maximum Gasteiger partial charge on any atom is 0.171 e. The van der Waals surface area contributed by atoms with Gasteiger partial charge in [0.05, 0.1) is 6.04 Å². The van der Waals surface area contributed by atoms with Crippen LogP contribution in [0.3, 0.4) is 0 Å². The van der Waals surface area contributed by atoms with E-state index in [1.807, 2.05) is 18.2 Å². The molecule has 0 spiro atoms. The van der Waals surface area contributed by atoms with Crippen LogP contribution in [-0.4, -0.2) is 18.3 Å². The standard InChI is InChI=1S/C19H20N2O2S/c24-19(20-14-8-9-17-18(12-14)23-11-10-22-17)21-16-7-3-5-13-4-1-2-6-15(13)16/h1-2,4,6,8-9,12,16H,3,5,7,10-11H2,(H2,20,21,24)/t16-/m1/s1. The second-order valence-electron chi connectivity index (χ2n) is 6.10. The molecule has 0 radical (unpaired) electrons. The zero-order valence-electron chi connectivity index (χ0n) is 13.4. The molecule has 1 aliphatic heterocycles. The molecule has 4 rings (SSSR count). The van der Waals surface area contributed by atoms with E-state index in [1.54, 1.807) is 0 Å². The van der Waals surface area contributed by atoms with Crippen molar-refractivity contribution in [2.75, 3.05) is 18.5 Å². The summed E-state index contributed by atoms with van der Waals surface area (Å²) in [4.78, 5) is 0. The number of hydrogen-bond acceptors (Lipinski definition) is 3.